The highest BCUT2D eigenvalue weighted by Gasteiger charge is 2.47. The number of anilines is 2. The summed E-state index contributed by atoms with van der Waals surface area (Å²) in [4.78, 5) is 59.6. The van der Waals surface area contributed by atoms with E-state index in [1.54, 1.807) is 0 Å². The number of methoxy groups -OCH3 is 4. The first-order valence-electron chi connectivity index (χ1n) is 13.2. The number of aromatic nitrogens is 4. The smallest absolute Gasteiger partial charge is 0.468 e. The summed E-state index contributed by atoms with van der Waals surface area (Å²) in [5.41, 5.74) is -6.54. The van der Waals surface area contributed by atoms with E-state index in [4.69, 9.17) is 0 Å². The van der Waals surface area contributed by atoms with Crippen molar-refractivity contribution in [2.75, 3.05) is 62.1 Å². The normalized spacial score (nSPS) is 11.6. The first-order chi connectivity index (χ1) is 24.8. The number of hydrogen-bond acceptors (Lipinski definition) is 19. The summed E-state index contributed by atoms with van der Waals surface area (Å²) in [6.07, 6.45) is -1.90. The van der Waals surface area contributed by atoms with Gasteiger partial charge in [0, 0.05) is 24.8 Å². The molecular formula is C23H27F7N6O15S3. The monoisotopic (exact) mass is 856 g/mol. The third-order valence-electron chi connectivity index (χ3n) is 4.96. The van der Waals surface area contributed by atoms with Crippen LogP contribution in [0.3, 0.4) is 0 Å². The molecule has 0 amide bonds. The van der Waals surface area contributed by atoms with Crippen molar-refractivity contribution in [3.63, 3.8) is 0 Å². The molecule has 0 aromatic carbocycles. The number of sulfonamides is 2. The number of rotatable bonds is 15. The Labute approximate surface area is 300 Å². The van der Waals surface area contributed by atoms with E-state index in [0.717, 1.165) is 40.8 Å². The molecule has 0 saturated carbocycles. The van der Waals surface area contributed by atoms with Gasteiger partial charge >= 0.3 is 39.5 Å². The maximum absolute atomic E-state index is 12.7. The quantitative estimate of drug-likeness (QED) is 0.0819. The molecule has 0 atom stereocenters. The molecule has 2 rings (SSSR count). The largest absolute Gasteiger partial charge is 0.523 e. The molecule has 2 aromatic rings. The predicted molar refractivity (Wildman–Crippen MR) is 162 cm³/mol. The van der Waals surface area contributed by atoms with Gasteiger partial charge in [-0.3, -0.25) is 18.5 Å². The Balaban J connectivity index is 0.000000820. The maximum atomic E-state index is 12.7. The third-order valence-corrected chi connectivity index (χ3v) is 8.69. The number of hydrogen-bond donors (Lipinski definition) is 1. The minimum Gasteiger partial charge on any atom is -0.468 e. The number of esters is 4. The molecular weight excluding hydrogens is 829 g/mol. The molecule has 2 heterocycles. The van der Waals surface area contributed by atoms with Crippen LogP contribution in [0.4, 0.5) is 42.4 Å². The van der Waals surface area contributed by atoms with Crippen molar-refractivity contribution in [2.45, 2.75) is 18.4 Å². The molecule has 0 bridgehead atoms. The van der Waals surface area contributed by atoms with Gasteiger partial charge in [0.05, 0.1) is 35.0 Å². The summed E-state index contributed by atoms with van der Waals surface area (Å²) in [5, 5.41) is 0. The zero-order valence-electron chi connectivity index (χ0n) is 27.5. The van der Waals surface area contributed by atoms with Gasteiger partial charge in [-0.15, -0.1) is 0 Å². The highest BCUT2D eigenvalue weighted by molar-refractivity contribution is 7.93. The average molecular weight is 857 g/mol. The van der Waals surface area contributed by atoms with Crippen LogP contribution in [0.25, 0.3) is 0 Å². The van der Waals surface area contributed by atoms with Gasteiger partial charge in [-0.1, -0.05) is 0 Å². The van der Waals surface area contributed by atoms with Crippen LogP contribution in [0, 0.1) is 0 Å². The lowest BCUT2D eigenvalue weighted by Gasteiger charge is -2.23. The lowest BCUT2D eigenvalue weighted by molar-refractivity contribution is -0.138. The topological polar surface area (TPSA) is 284 Å². The Kier molecular flexibility index (Phi) is 19.6. The first kappa shape index (κ1) is 49.0. The molecule has 306 valence electrons. The Hall–Kier alpha value is -5.04. The van der Waals surface area contributed by atoms with Gasteiger partial charge in [0.2, 0.25) is 20.0 Å². The van der Waals surface area contributed by atoms with Crippen molar-refractivity contribution in [1.82, 2.24) is 19.9 Å². The zero-order chi connectivity index (χ0) is 42.1. The Morgan fingerprint density at radius 1 is 0.704 bits per heavy atom. The van der Waals surface area contributed by atoms with Crippen molar-refractivity contribution >= 4 is 65.7 Å². The van der Waals surface area contributed by atoms with Crippen LogP contribution >= 0.6 is 0 Å². The second-order valence-corrected chi connectivity index (χ2v) is 14.0. The molecule has 21 nitrogen and oxygen atoms in total. The number of carbonyl (C=O) groups excluding carboxylic acids is 4. The molecule has 31 heteroatoms. The molecule has 0 radical (unpaired) electrons. The fraction of sp³-hybridized carbons (Fsp3) is 0.478. The summed E-state index contributed by atoms with van der Waals surface area (Å²) in [6, 6.07) is 0. The number of nitrogens with zero attached hydrogens (tertiary/aromatic N) is 5. The van der Waals surface area contributed by atoms with Crippen molar-refractivity contribution in [3.05, 3.63) is 36.2 Å². The van der Waals surface area contributed by atoms with Crippen LogP contribution in [0.2, 0.25) is 0 Å². The summed E-state index contributed by atoms with van der Waals surface area (Å²) in [6.45, 7) is -3.11. The highest BCUT2D eigenvalue weighted by atomic mass is 32.2. The van der Waals surface area contributed by atoms with Crippen LogP contribution in [-0.4, -0.2) is 141 Å². The number of halogens is 7. The summed E-state index contributed by atoms with van der Waals surface area (Å²) in [7, 11) is -10.4. The second kappa shape index (κ2) is 21.6. The van der Waals surface area contributed by atoms with Crippen LogP contribution in [-0.2, 0) is 62.9 Å². The van der Waals surface area contributed by atoms with Crippen LogP contribution < -0.4 is 9.03 Å². The SMILES string of the molecule is COC(=O)CS(=O)(=O)N(CC(F)F)c1nccnc1C(=O)OC.COC(=O)CS(=O)(=O)Nc1nccnc1C(=O)OC.O=S(=O)(OCC(F)F)C(F)(F)F. The third kappa shape index (κ3) is 16.7. The molecule has 0 unspecified atom stereocenters. The van der Waals surface area contributed by atoms with E-state index in [1.165, 1.54) is 12.4 Å². The standard InChI is InChI=1S/C11H13F2N3O6S.C9H11N3O6S.C3H3F5O3S/c1-21-8(17)6-23(19,20)16(5-7(12)13)10-9(11(18)22-2)14-3-4-15-10;1-17-6(13)5-19(15,16)12-8-7(9(14)18-2)10-3-4-11-8;4-2(5)1-11-12(9,10)3(6,7)8/h3-4,7H,5-6H2,1-2H3;3-4H,5H2,1-2H3,(H,11,12);2H,1H2. The summed E-state index contributed by atoms with van der Waals surface area (Å²) >= 11 is 0. The van der Waals surface area contributed by atoms with Crippen molar-refractivity contribution in [2.24, 2.45) is 0 Å². The first-order valence-corrected chi connectivity index (χ1v) is 17.9. The fourth-order valence-corrected chi connectivity index (χ4v) is 5.43. The molecule has 0 aliphatic carbocycles. The fourth-order valence-electron chi connectivity index (χ4n) is 2.76. The van der Waals surface area contributed by atoms with E-state index in [2.05, 4.69) is 43.1 Å². The Morgan fingerprint density at radius 2 is 1.17 bits per heavy atom. The van der Waals surface area contributed by atoms with Crippen LogP contribution in [0.5, 0.6) is 0 Å². The van der Waals surface area contributed by atoms with Gasteiger partial charge in [-0.25, -0.2) is 68.2 Å². The molecule has 54 heavy (non-hydrogen) atoms. The second-order valence-electron chi connectivity index (χ2n) is 8.73. The zero-order valence-corrected chi connectivity index (χ0v) is 30.0. The lowest BCUT2D eigenvalue weighted by atomic mass is 10.4. The number of nitrogens with one attached hydrogen (secondary N) is 1. The van der Waals surface area contributed by atoms with Gasteiger partial charge in [0.15, 0.2) is 34.5 Å². The van der Waals surface area contributed by atoms with Crippen LogP contribution in [0.15, 0.2) is 24.8 Å². The molecule has 0 fully saturated rings. The number of carbonyl (C=O) groups is 4. The molecule has 0 aliphatic heterocycles. The van der Waals surface area contributed by atoms with Gasteiger partial charge in [-0.05, 0) is 0 Å². The van der Waals surface area contributed by atoms with E-state index in [0.29, 0.717) is 0 Å². The minimum absolute atomic E-state index is 0.133. The van der Waals surface area contributed by atoms with Gasteiger partial charge < -0.3 is 18.9 Å². The van der Waals surface area contributed by atoms with Crippen LogP contribution in [0.1, 0.15) is 21.0 Å². The molecule has 1 N–H and O–H groups in total. The molecule has 0 aliphatic rings. The Morgan fingerprint density at radius 3 is 1.63 bits per heavy atom. The van der Waals surface area contributed by atoms with Crippen molar-refractivity contribution in [1.29, 1.82) is 0 Å². The number of ether oxygens (including phenoxy) is 4. The summed E-state index contributed by atoms with van der Waals surface area (Å²) < 4.78 is 171. The molecule has 2 aromatic heterocycles. The van der Waals surface area contributed by atoms with Gasteiger partial charge in [0.1, 0.15) is 6.61 Å². The van der Waals surface area contributed by atoms with E-state index in [1.807, 2.05) is 4.72 Å². The van der Waals surface area contributed by atoms with E-state index in [9.17, 15) is 75.2 Å². The van der Waals surface area contributed by atoms with E-state index in [-0.39, 0.29) is 15.8 Å². The number of alkyl halides is 7. The average Bonchev–Trinajstić information content (AvgIpc) is 3.08. The highest BCUT2D eigenvalue weighted by Crippen LogP contribution is 2.25. The van der Waals surface area contributed by atoms with Crippen molar-refractivity contribution in [3.8, 4) is 0 Å². The Bertz CT molecular complexity index is 1920. The maximum Gasteiger partial charge on any atom is 0.523 e. The molecule has 0 spiro atoms. The predicted octanol–water partition coefficient (Wildman–Crippen LogP) is 0.133. The minimum atomic E-state index is -5.87. The van der Waals surface area contributed by atoms with Gasteiger partial charge in [0.25, 0.3) is 12.9 Å². The van der Waals surface area contributed by atoms with E-state index < -0.39 is 109 Å². The lowest BCUT2D eigenvalue weighted by Crippen LogP contribution is -2.40. The van der Waals surface area contributed by atoms with E-state index >= 15 is 0 Å². The van der Waals surface area contributed by atoms with Gasteiger partial charge in [-0.2, -0.15) is 21.6 Å². The van der Waals surface area contributed by atoms with Crippen molar-refractivity contribution < 1.29 is 98.3 Å². The molecule has 0 saturated heterocycles. The summed E-state index contributed by atoms with van der Waals surface area (Å²) in [5.74, 6) is -7.12.